The second kappa shape index (κ2) is 5.79. The summed E-state index contributed by atoms with van der Waals surface area (Å²) in [5.41, 5.74) is 0.629. The predicted octanol–water partition coefficient (Wildman–Crippen LogP) is 1.48. The Hall–Kier alpha value is -1.62. The number of carbonyl (C=O) groups excluding carboxylic acids is 1. The molecule has 2 fully saturated rings. The number of carbonyl (C=O) groups is 1. The minimum atomic E-state index is -0.0140. The number of nitrogens with one attached hydrogen (secondary N) is 2. The Kier molecular flexibility index (Phi) is 3.87. The monoisotopic (exact) mass is 274 g/mol. The maximum absolute atomic E-state index is 12.4. The molecule has 2 N–H and O–H groups in total. The van der Waals surface area contributed by atoms with Crippen LogP contribution >= 0.6 is 0 Å². The summed E-state index contributed by atoms with van der Waals surface area (Å²) >= 11 is 0. The lowest BCUT2D eigenvalue weighted by Crippen LogP contribution is -2.46. The van der Waals surface area contributed by atoms with Crippen molar-refractivity contribution in [1.29, 1.82) is 0 Å². The first-order valence-corrected chi connectivity index (χ1v) is 7.47. The third-order valence-corrected chi connectivity index (χ3v) is 4.46. The summed E-state index contributed by atoms with van der Waals surface area (Å²) < 4.78 is 0. The molecule has 2 aliphatic heterocycles. The molecule has 0 aromatic carbocycles. The molecular weight excluding hydrogens is 252 g/mol. The van der Waals surface area contributed by atoms with Crippen molar-refractivity contribution in [2.75, 3.05) is 25.5 Å². The van der Waals surface area contributed by atoms with E-state index in [9.17, 15) is 4.79 Å². The molecule has 1 aromatic rings. The van der Waals surface area contributed by atoms with Gasteiger partial charge in [-0.05, 0) is 37.9 Å². The zero-order valence-corrected chi connectivity index (χ0v) is 11.9. The van der Waals surface area contributed by atoms with E-state index in [-0.39, 0.29) is 11.9 Å². The highest BCUT2D eigenvalue weighted by atomic mass is 16.1. The van der Waals surface area contributed by atoms with Crippen LogP contribution in [0.1, 0.15) is 36.0 Å². The fourth-order valence-electron chi connectivity index (χ4n) is 3.45. The van der Waals surface area contributed by atoms with E-state index in [1.165, 1.54) is 25.8 Å². The van der Waals surface area contributed by atoms with Crippen LogP contribution in [0.2, 0.25) is 0 Å². The van der Waals surface area contributed by atoms with Gasteiger partial charge in [0.1, 0.15) is 5.82 Å². The van der Waals surface area contributed by atoms with Crippen LogP contribution in [-0.2, 0) is 0 Å². The third kappa shape index (κ3) is 2.50. The highest BCUT2D eigenvalue weighted by Crippen LogP contribution is 2.27. The quantitative estimate of drug-likeness (QED) is 0.876. The number of piperidine rings is 1. The number of fused-ring (bicyclic) bond motifs is 1. The fraction of sp³-hybridized carbons (Fsp3) is 0.600. The highest BCUT2D eigenvalue weighted by Gasteiger charge is 2.36. The number of anilines is 1. The van der Waals surface area contributed by atoms with E-state index < -0.39 is 0 Å². The second-order valence-corrected chi connectivity index (χ2v) is 5.62. The molecule has 0 radical (unpaired) electrons. The van der Waals surface area contributed by atoms with Crippen molar-refractivity contribution < 1.29 is 4.79 Å². The van der Waals surface area contributed by atoms with Crippen molar-refractivity contribution in [3.05, 3.63) is 23.9 Å². The predicted molar refractivity (Wildman–Crippen MR) is 78.9 cm³/mol. The third-order valence-electron chi connectivity index (χ3n) is 4.46. The average molecular weight is 274 g/mol. The summed E-state index contributed by atoms with van der Waals surface area (Å²) in [6.07, 6.45) is 6.54. The van der Waals surface area contributed by atoms with Gasteiger partial charge in [-0.25, -0.2) is 4.98 Å². The molecule has 5 nitrogen and oxygen atoms in total. The summed E-state index contributed by atoms with van der Waals surface area (Å²) in [5.74, 6) is 0.628. The van der Waals surface area contributed by atoms with Gasteiger partial charge in [0.25, 0.3) is 5.91 Å². The Morgan fingerprint density at radius 1 is 1.35 bits per heavy atom. The van der Waals surface area contributed by atoms with E-state index in [1.54, 1.807) is 19.3 Å². The van der Waals surface area contributed by atoms with E-state index in [2.05, 4.69) is 20.5 Å². The molecule has 0 aliphatic carbocycles. The van der Waals surface area contributed by atoms with E-state index >= 15 is 0 Å². The largest absolute Gasteiger partial charge is 0.372 e. The van der Waals surface area contributed by atoms with Crippen LogP contribution in [0.4, 0.5) is 5.82 Å². The van der Waals surface area contributed by atoms with Gasteiger partial charge >= 0.3 is 0 Å². The number of amides is 1. The van der Waals surface area contributed by atoms with Crippen molar-refractivity contribution >= 4 is 11.7 Å². The van der Waals surface area contributed by atoms with Gasteiger partial charge in [0.15, 0.2) is 0 Å². The van der Waals surface area contributed by atoms with Gasteiger partial charge in [-0.1, -0.05) is 6.42 Å². The first-order chi connectivity index (χ1) is 9.79. The summed E-state index contributed by atoms with van der Waals surface area (Å²) in [5, 5.41) is 6.18. The van der Waals surface area contributed by atoms with E-state index in [4.69, 9.17) is 0 Å². The minimum Gasteiger partial charge on any atom is -0.372 e. The SMILES string of the molecule is CNc1ncccc1C(=O)NC1CCN2CCCCC12. The van der Waals surface area contributed by atoms with Crippen molar-refractivity contribution in [1.82, 2.24) is 15.2 Å². The topological polar surface area (TPSA) is 57.3 Å². The second-order valence-electron chi connectivity index (χ2n) is 5.62. The van der Waals surface area contributed by atoms with Gasteiger partial charge in [-0.2, -0.15) is 0 Å². The summed E-state index contributed by atoms with van der Waals surface area (Å²) in [7, 11) is 1.79. The van der Waals surface area contributed by atoms with E-state index in [0.29, 0.717) is 17.4 Å². The van der Waals surface area contributed by atoms with Gasteiger partial charge in [0.05, 0.1) is 5.56 Å². The first kappa shape index (κ1) is 13.4. The number of pyridine rings is 1. The van der Waals surface area contributed by atoms with Gasteiger partial charge in [0.2, 0.25) is 0 Å². The molecule has 0 saturated carbocycles. The Bertz CT molecular complexity index is 491. The van der Waals surface area contributed by atoms with Crippen LogP contribution in [0.25, 0.3) is 0 Å². The van der Waals surface area contributed by atoms with Crippen molar-refractivity contribution in [3.63, 3.8) is 0 Å². The lowest BCUT2D eigenvalue weighted by Gasteiger charge is -2.32. The number of nitrogens with zero attached hydrogens (tertiary/aromatic N) is 2. The summed E-state index contributed by atoms with van der Waals surface area (Å²) in [6, 6.07) is 4.44. The molecule has 2 saturated heterocycles. The Morgan fingerprint density at radius 3 is 3.10 bits per heavy atom. The van der Waals surface area contributed by atoms with Crippen LogP contribution in [-0.4, -0.2) is 48.0 Å². The number of aromatic nitrogens is 1. The molecule has 20 heavy (non-hydrogen) atoms. The lowest BCUT2D eigenvalue weighted by atomic mass is 9.99. The first-order valence-electron chi connectivity index (χ1n) is 7.47. The smallest absolute Gasteiger partial charge is 0.255 e. The standard InChI is InChI=1S/C15H22N4O/c1-16-14-11(5-4-8-17-14)15(20)18-12-7-10-19-9-3-2-6-13(12)19/h4-5,8,12-13H,2-3,6-7,9-10H2,1H3,(H,16,17)(H,18,20). The molecule has 2 aliphatic rings. The zero-order valence-electron chi connectivity index (χ0n) is 11.9. The molecule has 5 heteroatoms. The van der Waals surface area contributed by atoms with Crippen LogP contribution in [0.5, 0.6) is 0 Å². The lowest BCUT2D eigenvalue weighted by molar-refractivity contribution is 0.0916. The summed E-state index contributed by atoms with van der Waals surface area (Å²) in [6.45, 7) is 2.30. The average Bonchev–Trinajstić information content (AvgIpc) is 2.90. The normalized spacial score (nSPS) is 26.1. The van der Waals surface area contributed by atoms with Crippen molar-refractivity contribution in [2.45, 2.75) is 37.8 Å². The Morgan fingerprint density at radius 2 is 2.25 bits per heavy atom. The molecule has 2 atom stereocenters. The highest BCUT2D eigenvalue weighted by molar-refractivity contribution is 5.98. The number of rotatable bonds is 3. The van der Waals surface area contributed by atoms with Crippen molar-refractivity contribution in [3.8, 4) is 0 Å². The van der Waals surface area contributed by atoms with Crippen LogP contribution < -0.4 is 10.6 Å². The Labute approximate surface area is 119 Å². The number of hydrogen-bond donors (Lipinski definition) is 2. The fourth-order valence-corrected chi connectivity index (χ4v) is 3.45. The number of hydrogen-bond acceptors (Lipinski definition) is 4. The molecule has 3 rings (SSSR count). The molecule has 0 bridgehead atoms. The van der Waals surface area contributed by atoms with Gasteiger partial charge < -0.3 is 10.6 Å². The van der Waals surface area contributed by atoms with Crippen LogP contribution in [0.3, 0.4) is 0 Å². The molecule has 108 valence electrons. The van der Waals surface area contributed by atoms with Gasteiger partial charge in [0, 0.05) is 31.9 Å². The maximum atomic E-state index is 12.4. The molecule has 1 amide bonds. The minimum absolute atomic E-state index is 0.0140. The zero-order chi connectivity index (χ0) is 13.9. The Balaban J connectivity index is 1.70. The molecule has 1 aromatic heterocycles. The van der Waals surface area contributed by atoms with E-state index in [1.807, 2.05) is 6.07 Å². The van der Waals surface area contributed by atoms with E-state index in [0.717, 1.165) is 13.0 Å². The van der Waals surface area contributed by atoms with Gasteiger partial charge in [-0.15, -0.1) is 0 Å². The van der Waals surface area contributed by atoms with Crippen LogP contribution in [0, 0.1) is 0 Å². The maximum Gasteiger partial charge on any atom is 0.255 e. The summed E-state index contributed by atoms with van der Waals surface area (Å²) in [4.78, 5) is 19.2. The molecular formula is C15H22N4O. The molecule has 3 heterocycles. The van der Waals surface area contributed by atoms with Gasteiger partial charge in [-0.3, -0.25) is 9.69 Å². The molecule has 0 spiro atoms. The molecule has 2 unspecified atom stereocenters. The van der Waals surface area contributed by atoms with Crippen LogP contribution in [0.15, 0.2) is 18.3 Å². The van der Waals surface area contributed by atoms with Crippen molar-refractivity contribution in [2.24, 2.45) is 0 Å².